The summed E-state index contributed by atoms with van der Waals surface area (Å²) in [4.78, 5) is 22.7. The van der Waals surface area contributed by atoms with E-state index < -0.39 is 23.7 Å². The number of rotatable bonds is 7. The van der Waals surface area contributed by atoms with E-state index in [1.165, 1.54) is 0 Å². The van der Waals surface area contributed by atoms with Crippen LogP contribution < -0.4 is 11.5 Å². The van der Waals surface area contributed by atoms with Gasteiger partial charge in [0.2, 0.25) is 11.8 Å². The molecule has 0 aromatic rings. The monoisotopic (exact) mass is 228 g/mol. The van der Waals surface area contributed by atoms with E-state index in [1.807, 2.05) is 0 Å². The van der Waals surface area contributed by atoms with E-state index in [4.69, 9.17) is 20.9 Å². The topological polar surface area (TPSA) is 111 Å². The zero-order valence-corrected chi connectivity index (χ0v) is 8.93. The number of epoxide rings is 2. The molecule has 0 aromatic carbocycles. The van der Waals surface area contributed by atoms with Crippen LogP contribution in [0.5, 0.6) is 0 Å². The summed E-state index contributed by atoms with van der Waals surface area (Å²) in [6.45, 7) is 1.27. The fraction of sp³-hybridized carbons (Fsp3) is 0.800. The Balaban J connectivity index is 1.99. The van der Waals surface area contributed by atoms with E-state index in [1.54, 1.807) is 0 Å². The van der Waals surface area contributed by atoms with Gasteiger partial charge in [-0.25, -0.2) is 0 Å². The second-order valence-electron chi connectivity index (χ2n) is 4.40. The third-order valence-electron chi connectivity index (χ3n) is 3.05. The molecule has 4 atom stereocenters. The summed E-state index contributed by atoms with van der Waals surface area (Å²) in [7, 11) is 0. The molecule has 2 saturated heterocycles. The van der Waals surface area contributed by atoms with E-state index in [2.05, 4.69) is 0 Å². The lowest BCUT2D eigenvalue weighted by Gasteiger charge is -2.20. The summed E-state index contributed by atoms with van der Waals surface area (Å²) < 4.78 is 10.1. The van der Waals surface area contributed by atoms with Crippen LogP contribution in [-0.4, -0.2) is 37.2 Å². The first-order valence-corrected chi connectivity index (χ1v) is 5.39. The third kappa shape index (κ3) is 2.93. The van der Waals surface area contributed by atoms with Crippen molar-refractivity contribution in [2.75, 3.05) is 13.2 Å². The van der Waals surface area contributed by atoms with Crippen LogP contribution in [0, 0.1) is 11.8 Å². The van der Waals surface area contributed by atoms with Crippen molar-refractivity contribution in [3.63, 3.8) is 0 Å². The van der Waals surface area contributed by atoms with Crippen molar-refractivity contribution in [1.82, 2.24) is 0 Å². The number of carbonyl (C=O) groups excluding carboxylic acids is 2. The zero-order chi connectivity index (χ0) is 11.7. The van der Waals surface area contributed by atoms with E-state index >= 15 is 0 Å². The second-order valence-corrected chi connectivity index (χ2v) is 4.40. The van der Waals surface area contributed by atoms with E-state index in [0.29, 0.717) is 26.1 Å². The second kappa shape index (κ2) is 4.39. The minimum Gasteiger partial charge on any atom is -0.373 e. The predicted molar refractivity (Wildman–Crippen MR) is 54.1 cm³/mol. The van der Waals surface area contributed by atoms with E-state index in [9.17, 15) is 9.59 Å². The maximum Gasteiger partial charge on any atom is 0.221 e. The summed E-state index contributed by atoms with van der Waals surface area (Å²) in [6, 6.07) is 0. The van der Waals surface area contributed by atoms with E-state index in [-0.39, 0.29) is 12.2 Å². The highest BCUT2D eigenvalue weighted by Crippen LogP contribution is 2.30. The Hall–Kier alpha value is -1.14. The first kappa shape index (κ1) is 11.3. The van der Waals surface area contributed by atoms with Gasteiger partial charge in [-0.1, -0.05) is 0 Å². The summed E-state index contributed by atoms with van der Waals surface area (Å²) in [6.07, 6.45) is 1.07. The minimum atomic E-state index is -0.533. The molecular formula is C10H16N2O4. The van der Waals surface area contributed by atoms with Crippen molar-refractivity contribution in [3.05, 3.63) is 0 Å². The number of amides is 2. The fourth-order valence-corrected chi connectivity index (χ4v) is 1.93. The standard InChI is InChI=1S/C10H16N2O4/c11-9(13)7(1-5-3-15-5)8(10(12)14)2-6-4-16-6/h5-8H,1-4H2,(H2,11,13)(H2,12,14). The summed E-state index contributed by atoms with van der Waals surface area (Å²) >= 11 is 0. The molecule has 2 rings (SSSR count). The van der Waals surface area contributed by atoms with Gasteiger partial charge < -0.3 is 20.9 Å². The van der Waals surface area contributed by atoms with Crippen molar-refractivity contribution in [1.29, 1.82) is 0 Å². The van der Waals surface area contributed by atoms with Crippen molar-refractivity contribution >= 4 is 11.8 Å². The lowest BCUT2D eigenvalue weighted by Crippen LogP contribution is -2.39. The van der Waals surface area contributed by atoms with Gasteiger partial charge in [0.15, 0.2) is 0 Å². The largest absolute Gasteiger partial charge is 0.373 e. The van der Waals surface area contributed by atoms with Crippen LogP contribution >= 0.6 is 0 Å². The highest BCUT2D eigenvalue weighted by Gasteiger charge is 2.40. The minimum absolute atomic E-state index is 0.0551. The molecule has 2 fully saturated rings. The van der Waals surface area contributed by atoms with E-state index in [0.717, 1.165) is 0 Å². The Morgan fingerprint density at radius 3 is 1.50 bits per heavy atom. The van der Waals surface area contributed by atoms with Crippen LogP contribution in [0.1, 0.15) is 12.8 Å². The predicted octanol–water partition coefficient (Wildman–Crippen LogP) is -1.23. The number of primary amides is 2. The number of hydrogen-bond acceptors (Lipinski definition) is 4. The molecule has 16 heavy (non-hydrogen) atoms. The summed E-state index contributed by atoms with van der Waals surface area (Å²) in [5.74, 6) is -2.04. The maximum absolute atomic E-state index is 11.3. The zero-order valence-electron chi connectivity index (χ0n) is 8.93. The highest BCUT2D eigenvalue weighted by molar-refractivity contribution is 5.86. The molecule has 0 aliphatic carbocycles. The molecule has 6 nitrogen and oxygen atoms in total. The van der Waals surface area contributed by atoms with Crippen LogP contribution in [0.25, 0.3) is 0 Å². The third-order valence-corrected chi connectivity index (χ3v) is 3.05. The van der Waals surface area contributed by atoms with Crippen molar-refractivity contribution in [2.24, 2.45) is 23.3 Å². The summed E-state index contributed by atoms with van der Waals surface area (Å²) in [5, 5.41) is 0. The lowest BCUT2D eigenvalue weighted by atomic mass is 9.84. The molecule has 4 unspecified atom stereocenters. The first-order valence-electron chi connectivity index (χ1n) is 5.39. The van der Waals surface area contributed by atoms with Gasteiger partial charge >= 0.3 is 0 Å². The number of hydrogen-bond donors (Lipinski definition) is 2. The average molecular weight is 228 g/mol. The van der Waals surface area contributed by atoms with Crippen LogP contribution in [0.15, 0.2) is 0 Å². The lowest BCUT2D eigenvalue weighted by molar-refractivity contribution is -0.132. The average Bonchev–Trinajstić information content (AvgIpc) is 3.05. The van der Waals surface area contributed by atoms with Gasteiger partial charge in [0, 0.05) is 0 Å². The van der Waals surface area contributed by atoms with Crippen molar-refractivity contribution < 1.29 is 19.1 Å². The van der Waals surface area contributed by atoms with Gasteiger partial charge in [-0.3, -0.25) is 9.59 Å². The van der Waals surface area contributed by atoms with Gasteiger partial charge in [0.1, 0.15) is 0 Å². The molecule has 4 N–H and O–H groups in total. The van der Waals surface area contributed by atoms with Crippen LogP contribution in [0.2, 0.25) is 0 Å². The quantitative estimate of drug-likeness (QED) is 0.531. The Morgan fingerprint density at radius 2 is 1.31 bits per heavy atom. The van der Waals surface area contributed by atoms with Gasteiger partial charge in [-0.15, -0.1) is 0 Å². The van der Waals surface area contributed by atoms with Crippen LogP contribution in [0.3, 0.4) is 0 Å². The molecule has 0 bridgehead atoms. The Labute approximate surface area is 93.2 Å². The Kier molecular flexibility index (Phi) is 3.11. The molecule has 0 aromatic heterocycles. The fourth-order valence-electron chi connectivity index (χ4n) is 1.93. The van der Waals surface area contributed by atoms with Crippen LogP contribution in [0.4, 0.5) is 0 Å². The van der Waals surface area contributed by atoms with Gasteiger partial charge in [-0.05, 0) is 12.8 Å². The van der Waals surface area contributed by atoms with Gasteiger partial charge in [0.05, 0.1) is 37.3 Å². The molecule has 0 saturated carbocycles. The molecule has 2 heterocycles. The molecule has 90 valence electrons. The highest BCUT2D eigenvalue weighted by atomic mass is 16.6. The van der Waals surface area contributed by atoms with Crippen LogP contribution in [-0.2, 0) is 19.1 Å². The number of carbonyl (C=O) groups is 2. The maximum atomic E-state index is 11.3. The molecule has 0 radical (unpaired) electrons. The number of nitrogens with two attached hydrogens (primary N) is 2. The van der Waals surface area contributed by atoms with Crippen molar-refractivity contribution in [2.45, 2.75) is 25.0 Å². The molecule has 2 aliphatic rings. The molecular weight excluding hydrogens is 212 g/mol. The van der Waals surface area contributed by atoms with Crippen molar-refractivity contribution in [3.8, 4) is 0 Å². The SMILES string of the molecule is NC(=O)C(CC1CO1)C(CC1CO1)C(N)=O. The number of ether oxygens (including phenoxy) is 2. The Morgan fingerprint density at radius 1 is 1.00 bits per heavy atom. The molecule has 2 amide bonds. The van der Waals surface area contributed by atoms with Gasteiger partial charge in [-0.2, -0.15) is 0 Å². The van der Waals surface area contributed by atoms with Gasteiger partial charge in [0.25, 0.3) is 0 Å². The molecule has 2 aliphatic heterocycles. The first-order chi connectivity index (χ1) is 7.58. The Bertz CT molecular complexity index is 269. The normalized spacial score (nSPS) is 30.5. The summed E-state index contributed by atoms with van der Waals surface area (Å²) in [5.41, 5.74) is 10.6. The molecule has 6 heteroatoms. The smallest absolute Gasteiger partial charge is 0.221 e. The molecule has 0 spiro atoms.